The average Bonchev–Trinajstić information content (AvgIpc) is 2.36. The van der Waals surface area contributed by atoms with E-state index in [0.717, 1.165) is 17.7 Å². The first-order valence-electron chi connectivity index (χ1n) is 6.40. The monoisotopic (exact) mass is 301 g/mol. The first-order chi connectivity index (χ1) is 9.61. The van der Waals surface area contributed by atoms with Crippen LogP contribution in [0.1, 0.15) is 19.4 Å². The number of carboxylic acid groups (broad SMARTS) is 1. The quantitative estimate of drug-likeness (QED) is 0.812. The molecule has 0 radical (unpaired) electrons. The molecule has 0 heterocycles. The predicted molar refractivity (Wildman–Crippen MR) is 75.3 cm³/mol. The largest absolute Gasteiger partial charge is 0.481 e. The van der Waals surface area contributed by atoms with Crippen LogP contribution in [-0.2, 0) is 11.0 Å². The molecule has 1 rings (SSSR count). The van der Waals surface area contributed by atoms with Gasteiger partial charge >= 0.3 is 12.1 Å². The summed E-state index contributed by atoms with van der Waals surface area (Å²) in [5, 5.41) is 8.96. The number of alkyl halides is 3. The first-order valence-corrected chi connectivity index (χ1v) is 6.40. The Labute approximate surface area is 121 Å². The van der Waals surface area contributed by atoms with Gasteiger partial charge in [0, 0.05) is 18.8 Å². The van der Waals surface area contributed by atoms with Crippen LogP contribution in [0.2, 0.25) is 0 Å². The number of nitrogens with zero attached hydrogens (tertiary/aromatic N) is 1. The Morgan fingerprint density at radius 3 is 2.24 bits per heavy atom. The minimum Gasteiger partial charge on any atom is -0.481 e. The maximum Gasteiger partial charge on any atom is 0.416 e. The molecule has 0 aromatic heterocycles. The fourth-order valence-corrected chi connectivity index (χ4v) is 1.86. The van der Waals surface area contributed by atoms with Gasteiger partial charge < -0.3 is 10.0 Å². The lowest BCUT2D eigenvalue weighted by Gasteiger charge is -2.27. The van der Waals surface area contributed by atoms with E-state index < -0.39 is 23.6 Å². The van der Waals surface area contributed by atoms with Crippen molar-refractivity contribution in [2.75, 3.05) is 18.0 Å². The highest BCUT2D eigenvalue weighted by Crippen LogP contribution is 2.30. The van der Waals surface area contributed by atoms with E-state index >= 15 is 0 Å². The predicted octanol–water partition coefficient (Wildman–Crippen LogP) is 3.81. The van der Waals surface area contributed by atoms with Gasteiger partial charge in [-0.3, -0.25) is 4.79 Å². The van der Waals surface area contributed by atoms with Crippen LogP contribution in [0.15, 0.2) is 36.4 Å². The van der Waals surface area contributed by atoms with Gasteiger partial charge in [-0.2, -0.15) is 13.2 Å². The molecule has 0 saturated heterocycles. The van der Waals surface area contributed by atoms with Crippen molar-refractivity contribution in [3.8, 4) is 0 Å². The molecule has 1 atom stereocenters. The summed E-state index contributed by atoms with van der Waals surface area (Å²) in [4.78, 5) is 12.6. The van der Waals surface area contributed by atoms with E-state index in [0.29, 0.717) is 12.2 Å². The third kappa shape index (κ3) is 5.13. The van der Waals surface area contributed by atoms with E-state index in [1.54, 1.807) is 18.7 Å². The Hall–Kier alpha value is -1.98. The number of halogens is 3. The zero-order valence-electron chi connectivity index (χ0n) is 11.9. The van der Waals surface area contributed by atoms with E-state index in [-0.39, 0.29) is 6.54 Å². The topological polar surface area (TPSA) is 40.5 Å². The summed E-state index contributed by atoms with van der Waals surface area (Å²) in [5.74, 6) is -1.58. The SMILES string of the molecule is C=C(C)CN(CC(C)C(=O)O)c1ccc(C(F)(F)F)cc1. The number of hydrogen-bond donors (Lipinski definition) is 1. The summed E-state index contributed by atoms with van der Waals surface area (Å²) in [6, 6.07) is 4.68. The smallest absolute Gasteiger partial charge is 0.416 e. The van der Waals surface area contributed by atoms with Gasteiger partial charge in [0.25, 0.3) is 0 Å². The number of anilines is 1. The molecule has 116 valence electrons. The van der Waals surface area contributed by atoms with Gasteiger partial charge in [-0.1, -0.05) is 19.1 Å². The summed E-state index contributed by atoms with van der Waals surface area (Å²) in [6.45, 7) is 7.69. The molecule has 0 bridgehead atoms. The van der Waals surface area contributed by atoms with Gasteiger partial charge in [0.05, 0.1) is 11.5 Å². The molecule has 1 aromatic rings. The highest BCUT2D eigenvalue weighted by atomic mass is 19.4. The molecule has 6 heteroatoms. The van der Waals surface area contributed by atoms with Crippen molar-refractivity contribution >= 4 is 11.7 Å². The lowest BCUT2D eigenvalue weighted by molar-refractivity contribution is -0.140. The van der Waals surface area contributed by atoms with Crippen LogP contribution in [0.25, 0.3) is 0 Å². The zero-order chi connectivity index (χ0) is 16.2. The number of carboxylic acids is 1. The van der Waals surface area contributed by atoms with Gasteiger partial charge in [-0.15, -0.1) is 0 Å². The molecule has 0 amide bonds. The van der Waals surface area contributed by atoms with Crippen molar-refractivity contribution in [1.29, 1.82) is 0 Å². The second kappa shape index (κ2) is 6.65. The van der Waals surface area contributed by atoms with Crippen LogP contribution in [-0.4, -0.2) is 24.2 Å². The lowest BCUT2D eigenvalue weighted by atomic mass is 10.1. The van der Waals surface area contributed by atoms with Crippen molar-refractivity contribution in [2.45, 2.75) is 20.0 Å². The Morgan fingerprint density at radius 1 is 1.33 bits per heavy atom. The first kappa shape index (κ1) is 17.1. The minimum absolute atomic E-state index is 0.202. The molecular formula is C15H18F3NO2. The molecule has 0 saturated carbocycles. The third-order valence-corrected chi connectivity index (χ3v) is 2.94. The number of rotatable bonds is 6. The lowest BCUT2D eigenvalue weighted by Crippen LogP contribution is -2.33. The van der Waals surface area contributed by atoms with E-state index in [4.69, 9.17) is 5.11 Å². The summed E-state index contributed by atoms with van der Waals surface area (Å²) in [6.07, 6.45) is -4.38. The zero-order valence-corrected chi connectivity index (χ0v) is 11.9. The molecule has 1 unspecified atom stereocenters. The number of aliphatic carboxylic acids is 1. The molecule has 1 N–H and O–H groups in total. The molecular weight excluding hydrogens is 283 g/mol. The van der Waals surface area contributed by atoms with Gasteiger partial charge in [0.2, 0.25) is 0 Å². The molecule has 21 heavy (non-hydrogen) atoms. The standard InChI is InChI=1S/C15H18F3NO2/c1-10(2)8-19(9-11(3)14(20)21)13-6-4-12(5-7-13)15(16,17)18/h4-7,11H,1,8-9H2,2-3H3,(H,20,21). The Bertz CT molecular complexity index is 509. The fourth-order valence-electron chi connectivity index (χ4n) is 1.86. The molecule has 3 nitrogen and oxygen atoms in total. The molecule has 0 aliphatic heterocycles. The summed E-state index contributed by atoms with van der Waals surface area (Å²) in [5.41, 5.74) is 0.611. The normalized spacial score (nSPS) is 12.8. The van der Waals surface area contributed by atoms with Crippen molar-refractivity contribution in [2.24, 2.45) is 5.92 Å². The summed E-state index contributed by atoms with van der Waals surface area (Å²) in [7, 11) is 0. The average molecular weight is 301 g/mol. The van der Waals surface area contributed by atoms with Crippen LogP contribution < -0.4 is 4.90 Å². The Kier molecular flexibility index (Phi) is 5.41. The van der Waals surface area contributed by atoms with Gasteiger partial charge in [0.15, 0.2) is 0 Å². The summed E-state index contributed by atoms with van der Waals surface area (Å²) < 4.78 is 37.6. The van der Waals surface area contributed by atoms with Gasteiger partial charge in [-0.05, 0) is 31.2 Å². The third-order valence-electron chi connectivity index (χ3n) is 2.94. The van der Waals surface area contributed by atoms with Crippen molar-refractivity contribution in [3.63, 3.8) is 0 Å². The van der Waals surface area contributed by atoms with Crippen LogP contribution in [0, 0.1) is 5.92 Å². The van der Waals surface area contributed by atoms with Crippen molar-refractivity contribution < 1.29 is 23.1 Å². The van der Waals surface area contributed by atoms with E-state index in [9.17, 15) is 18.0 Å². The highest BCUT2D eigenvalue weighted by Gasteiger charge is 2.30. The van der Waals surface area contributed by atoms with E-state index in [1.807, 2.05) is 0 Å². The number of carbonyl (C=O) groups is 1. The van der Waals surface area contributed by atoms with Crippen LogP contribution in [0.5, 0.6) is 0 Å². The fraction of sp³-hybridized carbons (Fsp3) is 0.400. The van der Waals surface area contributed by atoms with Crippen molar-refractivity contribution in [3.05, 3.63) is 42.0 Å². The van der Waals surface area contributed by atoms with Crippen molar-refractivity contribution in [1.82, 2.24) is 0 Å². The molecule has 0 spiro atoms. The maximum atomic E-state index is 12.5. The number of hydrogen-bond acceptors (Lipinski definition) is 2. The maximum absolute atomic E-state index is 12.5. The van der Waals surface area contributed by atoms with Crippen LogP contribution in [0.4, 0.5) is 18.9 Å². The van der Waals surface area contributed by atoms with Crippen LogP contribution >= 0.6 is 0 Å². The van der Waals surface area contributed by atoms with Crippen LogP contribution in [0.3, 0.4) is 0 Å². The molecule has 0 fully saturated rings. The van der Waals surface area contributed by atoms with E-state index in [1.165, 1.54) is 12.1 Å². The Balaban J connectivity index is 2.98. The Morgan fingerprint density at radius 2 is 1.86 bits per heavy atom. The second-order valence-electron chi connectivity index (χ2n) is 5.12. The minimum atomic E-state index is -4.38. The summed E-state index contributed by atoms with van der Waals surface area (Å²) >= 11 is 0. The molecule has 0 aliphatic rings. The van der Waals surface area contributed by atoms with Gasteiger partial charge in [-0.25, -0.2) is 0 Å². The molecule has 0 aliphatic carbocycles. The van der Waals surface area contributed by atoms with Gasteiger partial charge in [0.1, 0.15) is 0 Å². The second-order valence-corrected chi connectivity index (χ2v) is 5.12. The molecule has 1 aromatic carbocycles. The number of benzene rings is 1. The highest BCUT2D eigenvalue weighted by molar-refractivity contribution is 5.70. The van der Waals surface area contributed by atoms with E-state index in [2.05, 4.69) is 6.58 Å².